The quantitative estimate of drug-likeness (QED) is 0.837. The normalized spacial score (nSPS) is 21.0. The lowest BCUT2D eigenvalue weighted by atomic mass is 10.1. The maximum absolute atomic E-state index is 10.0. The van der Waals surface area contributed by atoms with Crippen molar-refractivity contribution in [1.82, 2.24) is 0 Å². The summed E-state index contributed by atoms with van der Waals surface area (Å²) >= 11 is 3.38. The molecule has 0 amide bonds. The van der Waals surface area contributed by atoms with Crippen LogP contribution in [0.25, 0.3) is 0 Å². The monoisotopic (exact) mass is 256 g/mol. The Morgan fingerprint density at radius 3 is 2.64 bits per heavy atom. The van der Waals surface area contributed by atoms with Gasteiger partial charge in [-0.05, 0) is 34.8 Å². The third-order valence-electron chi connectivity index (χ3n) is 2.70. The summed E-state index contributed by atoms with van der Waals surface area (Å²) in [4.78, 5) is 0. The van der Waals surface area contributed by atoms with Crippen LogP contribution in [0.4, 0.5) is 0 Å². The van der Waals surface area contributed by atoms with Gasteiger partial charge < -0.3 is 14.6 Å². The number of halogens is 1. The predicted molar refractivity (Wildman–Crippen MR) is 53.4 cm³/mol. The van der Waals surface area contributed by atoms with Gasteiger partial charge in [0.1, 0.15) is 0 Å². The summed E-state index contributed by atoms with van der Waals surface area (Å²) in [5.41, 5.74) is 0.187. The van der Waals surface area contributed by atoms with E-state index in [0.29, 0.717) is 11.5 Å². The van der Waals surface area contributed by atoms with Gasteiger partial charge in [0.15, 0.2) is 11.5 Å². The fraction of sp³-hybridized carbons (Fsp3) is 0.400. The minimum absolute atomic E-state index is 0.237. The lowest BCUT2D eigenvalue weighted by Crippen LogP contribution is -2.05. The molecule has 74 valence electrons. The minimum Gasteiger partial charge on any atom is -0.453 e. The van der Waals surface area contributed by atoms with Crippen molar-refractivity contribution in [1.29, 1.82) is 0 Å². The molecule has 1 heterocycles. The van der Waals surface area contributed by atoms with Crippen molar-refractivity contribution >= 4 is 15.9 Å². The summed E-state index contributed by atoms with van der Waals surface area (Å²) in [7, 11) is 0. The molecule has 14 heavy (non-hydrogen) atoms. The van der Waals surface area contributed by atoms with Crippen LogP contribution >= 0.6 is 15.9 Å². The van der Waals surface area contributed by atoms with Crippen molar-refractivity contribution < 1.29 is 14.6 Å². The van der Waals surface area contributed by atoms with Gasteiger partial charge in [-0.3, -0.25) is 0 Å². The van der Waals surface area contributed by atoms with E-state index in [9.17, 15) is 5.11 Å². The Kier molecular flexibility index (Phi) is 1.61. The highest BCUT2D eigenvalue weighted by atomic mass is 79.9. The maximum atomic E-state index is 10.0. The van der Waals surface area contributed by atoms with Gasteiger partial charge in [0, 0.05) is 5.56 Å². The van der Waals surface area contributed by atoms with Gasteiger partial charge in [-0.15, -0.1) is 0 Å². The van der Waals surface area contributed by atoms with E-state index in [1.807, 2.05) is 12.1 Å². The topological polar surface area (TPSA) is 38.7 Å². The highest BCUT2D eigenvalue weighted by Crippen LogP contribution is 2.53. The van der Waals surface area contributed by atoms with E-state index in [2.05, 4.69) is 15.9 Å². The highest BCUT2D eigenvalue weighted by Gasteiger charge is 2.46. The van der Waals surface area contributed by atoms with Gasteiger partial charge in [0.25, 0.3) is 0 Å². The molecule has 1 saturated carbocycles. The smallest absolute Gasteiger partial charge is 0.231 e. The van der Waals surface area contributed by atoms with Crippen LogP contribution in [0, 0.1) is 0 Å². The summed E-state index contributed by atoms with van der Waals surface area (Å²) in [5.74, 6) is 1.40. The van der Waals surface area contributed by atoms with E-state index in [0.717, 1.165) is 22.9 Å². The number of ether oxygens (including phenoxy) is 2. The van der Waals surface area contributed by atoms with Gasteiger partial charge in [0.2, 0.25) is 6.79 Å². The van der Waals surface area contributed by atoms with Crippen LogP contribution < -0.4 is 9.47 Å². The summed E-state index contributed by atoms with van der Waals surface area (Å²) in [6.07, 6.45) is 1.62. The van der Waals surface area contributed by atoms with Crippen LogP contribution in [-0.4, -0.2) is 11.9 Å². The molecule has 0 unspecified atom stereocenters. The second-order valence-electron chi connectivity index (χ2n) is 3.69. The zero-order valence-corrected chi connectivity index (χ0v) is 9.00. The number of fused-ring (bicyclic) bond motifs is 1. The average Bonchev–Trinajstić information content (AvgIpc) is 2.74. The van der Waals surface area contributed by atoms with E-state index >= 15 is 0 Å². The molecular weight excluding hydrogens is 248 g/mol. The molecule has 1 fully saturated rings. The maximum Gasteiger partial charge on any atom is 0.231 e. The fourth-order valence-electron chi connectivity index (χ4n) is 1.72. The lowest BCUT2D eigenvalue weighted by molar-refractivity contribution is 0.140. The number of benzene rings is 1. The first-order chi connectivity index (χ1) is 6.71. The Hall–Kier alpha value is -0.740. The predicted octanol–water partition coefficient (Wildman–Crippen LogP) is 2.16. The van der Waals surface area contributed by atoms with Crippen molar-refractivity contribution in [2.45, 2.75) is 18.4 Å². The molecule has 0 atom stereocenters. The molecule has 1 aromatic carbocycles. The van der Waals surface area contributed by atoms with Crippen molar-refractivity contribution in [3.05, 3.63) is 22.2 Å². The van der Waals surface area contributed by atoms with E-state index < -0.39 is 5.60 Å². The standard InChI is InChI=1S/C10H9BrO3/c11-7-2-1-6(10(12)3-4-10)8-9(7)14-5-13-8/h1-2,12H,3-5H2. The number of rotatable bonds is 1. The zero-order valence-electron chi connectivity index (χ0n) is 7.42. The fourth-order valence-corrected chi connectivity index (χ4v) is 2.14. The second-order valence-corrected chi connectivity index (χ2v) is 4.55. The zero-order chi connectivity index (χ0) is 9.76. The molecule has 4 heteroatoms. The Labute approximate surface area is 89.8 Å². The van der Waals surface area contributed by atoms with Gasteiger partial charge in [-0.1, -0.05) is 6.07 Å². The first-order valence-corrected chi connectivity index (χ1v) is 5.31. The molecule has 0 bridgehead atoms. The summed E-state index contributed by atoms with van der Waals surface area (Å²) in [5, 5.41) is 10.0. The van der Waals surface area contributed by atoms with Gasteiger partial charge >= 0.3 is 0 Å². The van der Waals surface area contributed by atoms with Crippen LogP contribution in [0.1, 0.15) is 18.4 Å². The Morgan fingerprint density at radius 1 is 1.21 bits per heavy atom. The largest absolute Gasteiger partial charge is 0.453 e. The summed E-state index contributed by atoms with van der Waals surface area (Å²) in [6.45, 7) is 0.237. The average molecular weight is 257 g/mol. The third kappa shape index (κ3) is 1.07. The van der Waals surface area contributed by atoms with Crippen molar-refractivity contribution in [2.75, 3.05) is 6.79 Å². The van der Waals surface area contributed by atoms with Crippen LogP contribution in [-0.2, 0) is 5.60 Å². The van der Waals surface area contributed by atoms with Crippen molar-refractivity contribution in [3.8, 4) is 11.5 Å². The first kappa shape index (κ1) is 8.56. The van der Waals surface area contributed by atoms with E-state index in [1.165, 1.54) is 0 Å². The highest BCUT2D eigenvalue weighted by molar-refractivity contribution is 9.10. The van der Waals surface area contributed by atoms with Gasteiger partial charge in [-0.2, -0.15) is 0 Å². The van der Waals surface area contributed by atoms with E-state index in [1.54, 1.807) is 0 Å². The molecule has 3 nitrogen and oxygen atoms in total. The minimum atomic E-state index is -0.668. The molecule has 1 aliphatic carbocycles. The first-order valence-electron chi connectivity index (χ1n) is 4.52. The molecular formula is C10H9BrO3. The Balaban J connectivity index is 2.18. The van der Waals surface area contributed by atoms with Crippen LogP contribution in [0.3, 0.4) is 0 Å². The van der Waals surface area contributed by atoms with Gasteiger partial charge in [0.05, 0.1) is 10.1 Å². The van der Waals surface area contributed by atoms with Crippen LogP contribution in [0.15, 0.2) is 16.6 Å². The molecule has 0 aromatic heterocycles. The lowest BCUT2D eigenvalue weighted by Gasteiger charge is -2.11. The van der Waals surface area contributed by atoms with Gasteiger partial charge in [-0.25, -0.2) is 0 Å². The van der Waals surface area contributed by atoms with Crippen molar-refractivity contribution in [3.63, 3.8) is 0 Å². The van der Waals surface area contributed by atoms with Crippen molar-refractivity contribution in [2.24, 2.45) is 0 Å². The molecule has 1 aromatic rings. The molecule has 0 radical (unpaired) electrons. The number of aliphatic hydroxyl groups is 1. The molecule has 0 spiro atoms. The molecule has 1 aliphatic heterocycles. The SMILES string of the molecule is OC1(c2ccc(Br)c3c2OCO3)CC1. The molecule has 0 saturated heterocycles. The van der Waals surface area contributed by atoms with E-state index in [-0.39, 0.29) is 6.79 Å². The van der Waals surface area contributed by atoms with Crippen LogP contribution in [0.2, 0.25) is 0 Å². The summed E-state index contributed by atoms with van der Waals surface area (Å²) < 4.78 is 11.6. The molecule has 2 aliphatic rings. The van der Waals surface area contributed by atoms with E-state index in [4.69, 9.17) is 9.47 Å². The Morgan fingerprint density at radius 2 is 1.93 bits per heavy atom. The second kappa shape index (κ2) is 2.64. The third-order valence-corrected chi connectivity index (χ3v) is 3.32. The summed E-state index contributed by atoms with van der Waals surface area (Å²) in [6, 6.07) is 3.78. The number of hydrogen-bond donors (Lipinski definition) is 1. The van der Waals surface area contributed by atoms with Crippen LogP contribution in [0.5, 0.6) is 11.5 Å². The number of hydrogen-bond acceptors (Lipinski definition) is 3. The molecule has 3 rings (SSSR count). The molecule has 1 N–H and O–H groups in total. The Bertz CT molecular complexity index is 399.